The van der Waals surface area contributed by atoms with Crippen LogP contribution in [-0.4, -0.2) is 55.6 Å². The van der Waals surface area contributed by atoms with E-state index in [-0.39, 0.29) is 24.6 Å². The molecule has 0 aromatic heterocycles. The number of carbonyl (C=O) groups is 1. The zero-order chi connectivity index (χ0) is 18.5. The number of aliphatic hydroxyl groups excluding tert-OH is 2. The van der Waals surface area contributed by atoms with E-state index in [2.05, 4.69) is 39.2 Å². The summed E-state index contributed by atoms with van der Waals surface area (Å²) in [5.74, 6) is 0. The molecule has 0 heterocycles. The van der Waals surface area contributed by atoms with Crippen molar-refractivity contribution in [3.8, 4) is 0 Å². The molecule has 0 saturated carbocycles. The standard InChI is InChI=1S/C16H35NO5Si/c1-15(2,3)22-14(20)17-10-9-12(18)13(19)11-21-23(7,8)16(4,5)6/h12-13,18-19H,9-11H2,1-8H3,(H,17,20)/t12-,13-/m1/s1. The number of hydrogen-bond acceptors (Lipinski definition) is 5. The van der Waals surface area contributed by atoms with Crippen molar-refractivity contribution in [2.24, 2.45) is 0 Å². The molecule has 1 amide bonds. The number of ether oxygens (including phenoxy) is 1. The summed E-state index contributed by atoms with van der Waals surface area (Å²) >= 11 is 0. The maximum Gasteiger partial charge on any atom is 0.407 e. The van der Waals surface area contributed by atoms with E-state index < -0.39 is 32.2 Å². The molecule has 0 spiro atoms. The third-order valence-electron chi connectivity index (χ3n) is 3.97. The maximum absolute atomic E-state index is 11.5. The fourth-order valence-electron chi connectivity index (χ4n) is 1.45. The first-order chi connectivity index (χ1) is 10.2. The number of hydrogen-bond donors (Lipinski definition) is 3. The second kappa shape index (κ2) is 8.46. The van der Waals surface area contributed by atoms with Crippen molar-refractivity contribution < 1.29 is 24.2 Å². The molecule has 0 aliphatic rings. The van der Waals surface area contributed by atoms with Crippen molar-refractivity contribution in [3.05, 3.63) is 0 Å². The summed E-state index contributed by atoms with van der Waals surface area (Å²) in [5, 5.41) is 22.6. The van der Waals surface area contributed by atoms with Gasteiger partial charge in [0.15, 0.2) is 8.32 Å². The van der Waals surface area contributed by atoms with E-state index in [0.29, 0.717) is 0 Å². The Morgan fingerprint density at radius 3 is 2.04 bits per heavy atom. The van der Waals surface area contributed by atoms with Gasteiger partial charge in [-0.15, -0.1) is 0 Å². The van der Waals surface area contributed by atoms with Crippen LogP contribution in [0.4, 0.5) is 4.79 Å². The van der Waals surface area contributed by atoms with Gasteiger partial charge in [0.05, 0.1) is 12.7 Å². The number of alkyl carbamates (subject to hydrolysis) is 1. The third-order valence-corrected chi connectivity index (χ3v) is 8.47. The quantitative estimate of drug-likeness (QED) is 0.615. The summed E-state index contributed by atoms with van der Waals surface area (Å²) in [5.41, 5.74) is -0.556. The lowest BCUT2D eigenvalue weighted by Gasteiger charge is -2.37. The van der Waals surface area contributed by atoms with Gasteiger partial charge in [-0.25, -0.2) is 4.79 Å². The monoisotopic (exact) mass is 349 g/mol. The average molecular weight is 350 g/mol. The molecule has 2 atom stereocenters. The highest BCUT2D eigenvalue weighted by atomic mass is 28.4. The largest absolute Gasteiger partial charge is 0.444 e. The highest BCUT2D eigenvalue weighted by Crippen LogP contribution is 2.36. The number of nitrogens with one attached hydrogen (secondary N) is 1. The molecule has 6 nitrogen and oxygen atoms in total. The van der Waals surface area contributed by atoms with Gasteiger partial charge in [-0.2, -0.15) is 0 Å². The van der Waals surface area contributed by atoms with E-state index in [9.17, 15) is 15.0 Å². The van der Waals surface area contributed by atoms with Gasteiger partial charge in [0.25, 0.3) is 0 Å². The Kier molecular flexibility index (Phi) is 8.23. The topological polar surface area (TPSA) is 88.0 Å². The van der Waals surface area contributed by atoms with Crippen LogP contribution in [0.25, 0.3) is 0 Å². The molecular weight excluding hydrogens is 314 g/mol. The van der Waals surface area contributed by atoms with Crippen LogP contribution >= 0.6 is 0 Å². The molecule has 3 N–H and O–H groups in total. The zero-order valence-corrected chi connectivity index (χ0v) is 16.9. The molecule has 138 valence electrons. The van der Waals surface area contributed by atoms with Crippen LogP contribution in [0.5, 0.6) is 0 Å². The summed E-state index contributed by atoms with van der Waals surface area (Å²) in [6, 6.07) is 0. The van der Waals surface area contributed by atoms with E-state index in [0.717, 1.165) is 0 Å². The molecule has 0 aliphatic carbocycles. The second-order valence-electron chi connectivity index (χ2n) is 8.42. The van der Waals surface area contributed by atoms with E-state index >= 15 is 0 Å². The summed E-state index contributed by atoms with van der Waals surface area (Å²) in [6.07, 6.45) is -2.21. The third kappa shape index (κ3) is 9.29. The number of rotatable bonds is 7. The first-order valence-corrected chi connectivity index (χ1v) is 11.0. The normalized spacial score (nSPS) is 15.9. The first kappa shape index (κ1) is 22.4. The molecule has 0 saturated heterocycles. The lowest BCUT2D eigenvalue weighted by atomic mass is 10.1. The van der Waals surface area contributed by atoms with Crippen LogP contribution in [0, 0.1) is 0 Å². The van der Waals surface area contributed by atoms with E-state index in [1.807, 2.05) is 0 Å². The summed E-state index contributed by atoms with van der Waals surface area (Å²) in [4.78, 5) is 11.5. The minimum atomic E-state index is -1.95. The van der Waals surface area contributed by atoms with Gasteiger partial charge in [-0.3, -0.25) is 0 Å². The highest BCUT2D eigenvalue weighted by Gasteiger charge is 2.37. The molecule has 7 heteroatoms. The van der Waals surface area contributed by atoms with Crippen molar-refractivity contribution >= 4 is 14.4 Å². The van der Waals surface area contributed by atoms with E-state index in [4.69, 9.17) is 9.16 Å². The van der Waals surface area contributed by atoms with Crippen molar-refractivity contribution in [1.29, 1.82) is 0 Å². The van der Waals surface area contributed by atoms with Gasteiger partial charge in [0.2, 0.25) is 0 Å². The van der Waals surface area contributed by atoms with Gasteiger partial charge in [-0.05, 0) is 45.3 Å². The van der Waals surface area contributed by atoms with Crippen molar-refractivity contribution in [2.75, 3.05) is 13.2 Å². The lowest BCUT2D eigenvalue weighted by Crippen LogP contribution is -2.45. The smallest absolute Gasteiger partial charge is 0.407 e. The number of amides is 1. The summed E-state index contributed by atoms with van der Waals surface area (Å²) < 4.78 is 11.0. The predicted molar refractivity (Wildman–Crippen MR) is 94.0 cm³/mol. The first-order valence-electron chi connectivity index (χ1n) is 8.12. The zero-order valence-electron chi connectivity index (χ0n) is 15.9. The Morgan fingerprint density at radius 2 is 1.61 bits per heavy atom. The molecule has 0 unspecified atom stereocenters. The van der Waals surface area contributed by atoms with Crippen LogP contribution in [0.3, 0.4) is 0 Å². The Bertz CT molecular complexity index is 374. The van der Waals surface area contributed by atoms with Crippen LogP contribution in [0.15, 0.2) is 0 Å². The van der Waals surface area contributed by atoms with Gasteiger partial charge < -0.3 is 24.7 Å². The molecular formula is C16H35NO5Si. The number of aliphatic hydroxyl groups is 2. The van der Waals surface area contributed by atoms with E-state index in [1.165, 1.54) is 0 Å². The van der Waals surface area contributed by atoms with Gasteiger partial charge in [0, 0.05) is 6.54 Å². The Balaban J connectivity index is 4.13. The molecule has 0 aliphatic heterocycles. The maximum atomic E-state index is 11.5. The molecule has 0 bridgehead atoms. The summed E-state index contributed by atoms with van der Waals surface area (Å²) in [6.45, 7) is 16.2. The average Bonchev–Trinajstić information content (AvgIpc) is 2.32. The molecule has 23 heavy (non-hydrogen) atoms. The van der Waals surface area contributed by atoms with Gasteiger partial charge >= 0.3 is 6.09 Å². The Morgan fingerprint density at radius 1 is 1.09 bits per heavy atom. The molecule has 0 fully saturated rings. The lowest BCUT2D eigenvalue weighted by molar-refractivity contribution is -0.0145. The molecule has 0 rings (SSSR count). The van der Waals surface area contributed by atoms with Crippen molar-refractivity contribution in [1.82, 2.24) is 5.32 Å². The molecule has 0 aromatic rings. The highest BCUT2D eigenvalue weighted by molar-refractivity contribution is 6.74. The van der Waals surface area contributed by atoms with Gasteiger partial charge in [0.1, 0.15) is 11.7 Å². The Labute approximate surface area is 141 Å². The van der Waals surface area contributed by atoms with Crippen molar-refractivity contribution in [2.45, 2.75) is 83.9 Å². The summed E-state index contributed by atoms with van der Waals surface area (Å²) in [7, 11) is -1.95. The van der Waals surface area contributed by atoms with Crippen LogP contribution in [0.2, 0.25) is 18.1 Å². The van der Waals surface area contributed by atoms with Crippen molar-refractivity contribution in [3.63, 3.8) is 0 Å². The van der Waals surface area contributed by atoms with Crippen LogP contribution in [0.1, 0.15) is 48.0 Å². The van der Waals surface area contributed by atoms with Crippen LogP contribution < -0.4 is 5.32 Å². The Hall–Kier alpha value is -0.633. The minimum absolute atomic E-state index is 0.0515. The predicted octanol–water partition coefficient (Wildman–Crippen LogP) is 2.64. The SMILES string of the molecule is CC(C)(C)OC(=O)NCC[C@@H](O)[C@H](O)CO[Si](C)(C)C(C)(C)C. The molecule has 0 aromatic carbocycles. The second-order valence-corrected chi connectivity index (χ2v) is 13.2. The molecule has 0 radical (unpaired) electrons. The van der Waals surface area contributed by atoms with Crippen LogP contribution in [-0.2, 0) is 9.16 Å². The van der Waals surface area contributed by atoms with E-state index in [1.54, 1.807) is 20.8 Å². The fourth-order valence-corrected chi connectivity index (χ4v) is 2.47. The number of carbonyl (C=O) groups excluding carboxylic acids is 1. The minimum Gasteiger partial charge on any atom is -0.444 e. The fraction of sp³-hybridized carbons (Fsp3) is 0.938. The van der Waals surface area contributed by atoms with Gasteiger partial charge in [-0.1, -0.05) is 20.8 Å².